The van der Waals surface area contributed by atoms with Gasteiger partial charge >= 0.3 is 0 Å². The van der Waals surface area contributed by atoms with Crippen LogP contribution in [0, 0.1) is 0 Å². The average molecular weight is 175 g/mol. The molecule has 0 heterocycles. The Morgan fingerprint density at radius 1 is 1.50 bits per heavy atom. The van der Waals surface area contributed by atoms with E-state index >= 15 is 0 Å². The number of thiol groups is 1. The van der Waals surface area contributed by atoms with E-state index in [1.165, 1.54) is 0 Å². The maximum Gasteiger partial charge on any atom is 0.0619 e. The number of rotatable bonds is 1. The van der Waals surface area contributed by atoms with Crippen molar-refractivity contribution in [3.63, 3.8) is 0 Å². The van der Waals surface area contributed by atoms with E-state index in [2.05, 4.69) is 18.1 Å². The Hall–Kier alpha value is -0.380. The smallest absolute Gasteiger partial charge is 0.0619 e. The molecule has 0 saturated heterocycles. The Kier molecular flexibility index (Phi) is 2.43. The van der Waals surface area contributed by atoms with Gasteiger partial charge in [0.25, 0.3) is 0 Å². The Morgan fingerprint density at radius 2 is 2.20 bits per heavy atom. The zero-order valence-corrected chi connectivity index (χ0v) is 6.78. The lowest BCUT2D eigenvalue weighted by Gasteiger charge is -2.02. The van der Waals surface area contributed by atoms with Crippen LogP contribution in [0.15, 0.2) is 23.1 Å². The molecule has 2 nitrogen and oxygen atoms in total. The van der Waals surface area contributed by atoms with Crippen molar-refractivity contribution in [2.24, 2.45) is 5.84 Å². The van der Waals surface area contributed by atoms with Crippen LogP contribution >= 0.6 is 24.2 Å². The Morgan fingerprint density at radius 3 is 2.70 bits per heavy atom. The molecule has 1 aromatic rings. The minimum atomic E-state index is 0.656. The summed E-state index contributed by atoms with van der Waals surface area (Å²) < 4.78 is 0. The number of halogens is 1. The van der Waals surface area contributed by atoms with Gasteiger partial charge in [0.2, 0.25) is 0 Å². The number of nitrogens with one attached hydrogen (secondary N) is 1. The second-order valence-corrected chi connectivity index (χ2v) is 2.72. The third-order valence-electron chi connectivity index (χ3n) is 1.12. The lowest BCUT2D eigenvalue weighted by atomic mass is 10.3. The molecule has 1 aromatic carbocycles. The fourth-order valence-corrected chi connectivity index (χ4v) is 1.15. The summed E-state index contributed by atoms with van der Waals surface area (Å²) in [4.78, 5) is 0.745. The molecule has 0 spiro atoms. The van der Waals surface area contributed by atoms with Gasteiger partial charge in [-0.3, -0.25) is 5.84 Å². The van der Waals surface area contributed by atoms with Gasteiger partial charge in [-0.2, -0.15) is 0 Å². The van der Waals surface area contributed by atoms with Gasteiger partial charge in [0.15, 0.2) is 0 Å². The van der Waals surface area contributed by atoms with Crippen molar-refractivity contribution in [1.29, 1.82) is 0 Å². The van der Waals surface area contributed by atoms with Gasteiger partial charge in [-0.05, 0) is 18.2 Å². The van der Waals surface area contributed by atoms with E-state index in [1.807, 2.05) is 0 Å². The van der Waals surface area contributed by atoms with Crippen LogP contribution in [0.25, 0.3) is 0 Å². The summed E-state index contributed by atoms with van der Waals surface area (Å²) in [5.74, 6) is 5.16. The van der Waals surface area contributed by atoms with E-state index in [0.29, 0.717) is 5.02 Å². The molecule has 10 heavy (non-hydrogen) atoms. The Balaban J connectivity index is 3.07. The molecular formula is C6H7ClN2S. The standard InChI is InChI=1S/C6H7ClN2S/c7-4-1-2-5(9-8)6(10)3-4/h1-3,9-10H,8H2. The first-order valence-corrected chi connectivity index (χ1v) is 3.51. The van der Waals surface area contributed by atoms with E-state index in [1.54, 1.807) is 18.2 Å². The molecule has 0 aromatic heterocycles. The minimum Gasteiger partial charge on any atom is -0.323 e. The van der Waals surface area contributed by atoms with Crippen LogP contribution in [0.4, 0.5) is 5.69 Å². The largest absolute Gasteiger partial charge is 0.323 e. The summed E-state index contributed by atoms with van der Waals surface area (Å²) in [7, 11) is 0. The van der Waals surface area contributed by atoms with Crippen LogP contribution < -0.4 is 11.3 Å². The van der Waals surface area contributed by atoms with Crippen LogP contribution in [0.2, 0.25) is 5.02 Å². The lowest BCUT2D eigenvalue weighted by Crippen LogP contribution is -2.06. The van der Waals surface area contributed by atoms with Gasteiger partial charge in [0, 0.05) is 9.92 Å². The quantitative estimate of drug-likeness (QED) is 0.346. The summed E-state index contributed by atoms with van der Waals surface area (Å²) in [5.41, 5.74) is 3.26. The molecule has 0 aliphatic heterocycles. The fraction of sp³-hybridized carbons (Fsp3) is 0. The average Bonchev–Trinajstić information content (AvgIpc) is 1.88. The van der Waals surface area contributed by atoms with Crippen molar-refractivity contribution in [1.82, 2.24) is 0 Å². The SMILES string of the molecule is NNc1ccc(Cl)cc1S. The van der Waals surface area contributed by atoms with Gasteiger partial charge in [-0.25, -0.2) is 0 Å². The van der Waals surface area contributed by atoms with Crippen LogP contribution in [0.3, 0.4) is 0 Å². The van der Waals surface area contributed by atoms with Crippen LogP contribution in [0.1, 0.15) is 0 Å². The van der Waals surface area contributed by atoms with E-state index in [9.17, 15) is 0 Å². The zero-order valence-electron chi connectivity index (χ0n) is 5.13. The van der Waals surface area contributed by atoms with Crippen molar-refractivity contribution in [2.75, 3.05) is 5.43 Å². The highest BCUT2D eigenvalue weighted by Crippen LogP contribution is 2.22. The molecule has 0 bridgehead atoms. The second-order valence-electron chi connectivity index (χ2n) is 1.81. The van der Waals surface area contributed by atoms with Crippen molar-refractivity contribution in [3.8, 4) is 0 Å². The number of hydrazine groups is 1. The summed E-state index contributed by atoms with van der Waals surface area (Å²) in [5, 5.41) is 0.656. The van der Waals surface area contributed by atoms with Gasteiger partial charge in [-0.15, -0.1) is 12.6 Å². The fourth-order valence-electron chi connectivity index (χ4n) is 0.627. The Labute approximate surface area is 69.7 Å². The first-order valence-electron chi connectivity index (χ1n) is 2.69. The summed E-state index contributed by atoms with van der Waals surface area (Å²) >= 11 is 9.78. The maximum absolute atomic E-state index is 5.66. The molecule has 4 heteroatoms. The first-order chi connectivity index (χ1) is 4.74. The molecule has 0 saturated carbocycles. The van der Waals surface area contributed by atoms with E-state index in [-0.39, 0.29) is 0 Å². The van der Waals surface area contributed by atoms with E-state index in [4.69, 9.17) is 17.4 Å². The number of anilines is 1. The lowest BCUT2D eigenvalue weighted by molar-refractivity contribution is 1.29. The molecule has 0 fully saturated rings. The predicted octanol–water partition coefficient (Wildman–Crippen LogP) is 1.91. The van der Waals surface area contributed by atoms with E-state index in [0.717, 1.165) is 10.6 Å². The van der Waals surface area contributed by atoms with Crippen LogP contribution in [-0.2, 0) is 0 Å². The van der Waals surface area contributed by atoms with Crippen LogP contribution in [-0.4, -0.2) is 0 Å². The van der Waals surface area contributed by atoms with Gasteiger partial charge in [0.1, 0.15) is 0 Å². The van der Waals surface area contributed by atoms with Gasteiger partial charge in [-0.1, -0.05) is 11.6 Å². The highest BCUT2D eigenvalue weighted by atomic mass is 35.5. The topological polar surface area (TPSA) is 38.0 Å². The molecule has 54 valence electrons. The third kappa shape index (κ3) is 1.56. The molecule has 1 rings (SSSR count). The summed E-state index contributed by atoms with van der Waals surface area (Å²) in [6.45, 7) is 0. The van der Waals surface area contributed by atoms with Crippen molar-refractivity contribution in [3.05, 3.63) is 23.2 Å². The zero-order chi connectivity index (χ0) is 7.56. The van der Waals surface area contributed by atoms with Gasteiger partial charge in [0.05, 0.1) is 5.69 Å². The van der Waals surface area contributed by atoms with Crippen molar-refractivity contribution in [2.45, 2.75) is 4.90 Å². The van der Waals surface area contributed by atoms with Crippen molar-refractivity contribution >= 4 is 29.9 Å². The predicted molar refractivity (Wildman–Crippen MR) is 46.5 cm³/mol. The molecule has 0 unspecified atom stereocenters. The molecule has 0 aliphatic rings. The third-order valence-corrected chi connectivity index (χ3v) is 1.72. The minimum absolute atomic E-state index is 0.656. The molecule has 0 aliphatic carbocycles. The van der Waals surface area contributed by atoms with E-state index < -0.39 is 0 Å². The highest BCUT2D eigenvalue weighted by Gasteiger charge is 1.95. The number of benzene rings is 1. The number of hydrogen-bond donors (Lipinski definition) is 3. The van der Waals surface area contributed by atoms with Gasteiger partial charge < -0.3 is 5.43 Å². The number of hydrogen-bond acceptors (Lipinski definition) is 3. The highest BCUT2D eigenvalue weighted by molar-refractivity contribution is 7.80. The molecule has 0 radical (unpaired) electrons. The molecule has 3 N–H and O–H groups in total. The molecule has 0 atom stereocenters. The summed E-state index contributed by atoms with van der Waals surface area (Å²) in [6, 6.07) is 5.24. The van der Waals surface area contributed by atoms with Crippen LogP contribution in [0.5, 0.6) is 0 Å². The second kappa shape index (κ2) is 3.14. The summed E-state index contributed by atoms with van der Waals surface area (Å²) in [6.07, 6.45) is 0. The molecule has 0 amide bonds. The molecular weight excluding hydrogens is 168 g/mol. The Bertz CT molecular complexity index is 239. The van der Waals surface area contributed by atoms with Crippen molar-refractivity contribution < 1.29 is 0 Å². The monoisotopic (exact) mass is 174 g/mol. The first kappa shape index (κ1) is 7.72. The maximum atomic E-state index is 5.66. The number of nitrogen functional groups attached to an aromatic ring is 1. The normalized spacial score (nSPS) is 9.50. The number of nitrogens with two attached hydrogens (primary N) is 1.